The number of piperidine rings is 1. The van der Waals surface area contributed by atoms with Crippen LogP contribution in [-0.4, -0.2) is 33.4 Å². The maximum absolute atomic E-state index is 13.0. The third-order valence-corrected chi connectivity index (χ3v) is 7.28. The number of fused-ring (bicyclic) bond motifs is 1. The highest BCUT2D eigenvalue weighted by Crippen LogP contribution is 2.50. The molecule has 1 saturated heterocycles. The van der Waals surface area contributed by atoms with Crippen LogP contribution >= 0.6 is 22.9 Å². The molecule has 1 aliphatic heterocycles. The molecule has 0 radical (unpaired) electrons. The molecule has 3 heterocycles. The van der Waals surface area contributed by atoms with E-state index in [1.165, 1.54) is 11.3 Å². The molecule has 1 saturated carbocycles. The third kappa shape index (κ3) is 3.70. The average molecular weight is 444 g/mol. The van der Waals surface area contributed by atoms with Crippen LogP contribution in [0.3, 0.4) is 0 Å². The molecule has 1 unspecified atom stereocenters. The summed E-state index contributed by atoms with van der Waals surface area (Å²) in [5.74, 6) is 0.505. The molecule has 2 aromatic heterocycles. The number of aromatic amines is 1. The molecule has 0 spiro atoms. The SMILES string of the molecule is O=C(NCc1ccccc1)C1CCCCN1c1nc2c(=O)[nH]c(C3(Cl)CC3)nc2s1. The summed E-state index contributed by atoms with van der Waals surface area (Å²) in [5, 5.41) is 3.71. The molecule has 1 atom stereocenters. The van der Waals surface area contributed by atoms with Crippen molar-refractivity contribution in [1.29, 1.82) is 0 Å². The quantitative estimate of drug-likeness (QED) is 0.590. The van der Waals surface area contributed by atoms with Crippen molar-refractivity contribution < 1.29 is 4.79 Å². The van der Waals surface area contributed by atoms with Gasteiger partial charge in [-0.2, -0.15) is 0 Å². The highest BCUT2D eigenvalue weighted by atomic mass is 35.5. The average Bonchev–Trinajstić information content (AvgIpc) is 3.37. The number of thiazole rings is 1. The Morgan fingerprint density at radius 3 is 2.83 bits per heavy atom. The van der Waals surface area contributed by atoms with Crippen molar-refractivity contribution >= 4 is 44.3 Å². The van der Waals surface area contributed by atoms with E-state index in [1.54, 1.807) is 0 Å². The Hall–Kier alpha value is -2.45. The van der Waals surface area contributed by atoms with E-state index in [-0.39, 0.29) is 17.5 Å². The molecule has 9 heteroatoms. The molecule has 5 rings (SSSR count). The number of hydrogen-bond acceptors (Lipinski definition) is 6. The van der Waals surface area contributed by atoms with Gasteiger partial charge in [0.25, 0.3) is 5.56 Å². The molecule has 2 fully saturated rings. The molecular weight excluding hydrogens is 422 g/mol. The van der Waals surface area contributed by atoms with Crippen LogP contribution in [0.15, 0.2) is 35.1 Å². The summed E-state index contributed by atoms with van der Waals surface area (Å²) < 4.78 is 0. The fourth-order valence-electron chi connectivity index (χ4n) is 3.84. The molecule has 1 aliphatic carbocycles. The second-order valence-electron chi connectivity index (χ2n) is 7.94. The van der Waals surface area contributed by atoms with Crippen LogP contribution in [0.5, 0.6) is 0 Å². The van der Waals surface area contributed by atoms with Crippen molar-refractivity contribution in [3.63, 3.8) is 0 Å². The van der Waals surface area contributed by atoms with Gasteiger partial charge in [-0.15, -0.1) is 11.6 Å². The highest BCUT2D eigenvalue weighted by molar-refractivity contribution is 7.21. The van der Waals surface area contributed by atoms with Gasteiger partial charge in [-0.3, -0.25) is 9.59 Å². The topological polar surface area (TPSA) is 91.0 Å². The van der Waals surface area contributed by atoms with Crippen molar-refractivity contribution in [3.8, 4) is 0 Å². The summed E-state index contributed by atoms with van der Waals surface area (Å²) in [6.45, 7) is 1.22. The number of rotatable bonds is 5. The Morgan fingerprint density at radius 1 is 1.27 bits per heavy atom. The minimum absolute atomic E-state index is 0.0157. The molecule has 2 aliphatic rings. The lowest BCUT2D eigenvalue weighted by Crippen LogP contribution is -2.49. The van der Waals surface area contributed by atoms with Crippen LogP contribution in [0, 0.1) is 0 Å². The van der Waals surface area contributed by atoms with E-state index in [4.69, 9.17) is 11.6 Å². The van der Waals surface area contributed by atoms with E-state index < -0.39 is 4.87 Å². The van der Waals surface area contributed by atoms with E-state index in [2.05, 4.69) is 20.3 Å². The molecule has 156 valence electrons. The maximum atomic E-state index is 13.0. The fourth-order valence-corrected chi connectivity index (χ4v) is 5.04. The smallest absolute Gasteiger partial charge is 0.278 e. The van der Waals surface area contributed by atoms with Gasteiger partial charge in [-0.25, -0.2) is 9.97 Å². The van der Waals surface area contributed by atoms with Gasteiger partial charge in [0.15, 0.2) is 15.5 Å². The van der Waals surface area contributed by atoms with Crippen LogP contribution in [0.2, 0.25) is 0 Å². The minimum Gasteiger partial charge on any atom is -0.350 e. The van der Waals surface area contributed by atoms with Gasteiger partial charge < -0.3 is 15.2 Å². The number of halogens is 1. The molecular formula is C21H22ClN5O2S. The number of amides is 1. The first-order valence-electron chi connectivity index (χ1n) is 10.2. The molecule has 3 aromatic rings. The molecule has 7 nitrogen and oxygen atoms in total. The number of alkyl halides is 1. The van der Waals surface area contributed by atoms with Crippen molar-refractivity contribution in [2.45, 2.75) is 49.6 Å². The number of nitrogens with zero attached hydrogens (tertiary/aromatic N) is 3. The Morgan fingerprint density at radius 2 is 2.07 bits per heavy atom. The first-order valence-corrected chi connectivity index (χ1v) is 11.4. The summed E-state index contributed by atoms with van der Waals surface area (Å²) in [6.07, 6.45) is 4.35. The van der Waals surface area contributed by atoms with E-state index >= 15 is 0 Å². The van der Waals surface area contributed by atoms with Crippen LogP contribution in [0.4, 0.5) is 5.13 Å². The number of hydrogen-bond donors (Lipinski definition) is 2. The highest BCUT2D eigenvalue weighted by Gasteiger charge is 2.45. The van der Waals surface area contributed by atoms with Crippen LogP contribution in [0.25, 0.3) is 10.3 Å². The summed E-state index contributed by atoms with van der Waals surface area (Å²) >= 11 is 7.79. The normalized spacial score (nSPS) is 20.3. The van der Waals surface area contributed by atoms with Gasteiger partial charge >= 0.3 is 0 Å². The minimum atomic E-state index is -0.539. The van der Waals surface area contributed by atoms with Crippen molar-refractivity contribution in [2.75, 3.05) is 11.4 Å². The second-order valence-corrected chi connectivity index (χ2v) is 9.62. The zero-order valence-corrected chi connectivity index (χ0v) is 17.9. The molecule has 0 bridgehead atoms. The predicted molar refractivity (Wildman–Crippen MR) is 118 cm³/mol. The number of anilines is 1. The Labute approximate surface area is 182 Å². The number of aromatic nitrogens is 3. The standard InChI is InChI=1S/C21H22ClN5O2S/c22-21(9-10-21)19-25-17(29)15-18(26-19)30-20(24-15)27-11-5-4-8-14(27)16(28)23-12-13-6-2-1-3-7-13/h1-3,6-7,14H,4-5,8-12H2,(H,23,28)(H,25,26,29). The zero-order valence-electron chi connectivity index (χ0n) is 16.4. The largest absolute Gasteiger partial charge is 0.350 e. The molecule has 30 heavy (non-hydrogen) atoms. The third-order valence-electron chi connectivity index (χ3n) is 5.73. The number of benzene rings is 1. The maximum Gasteiger partial charge on any atom is 0.278 e. The Kier molecular flexibility index (Phi) is 4.99. The van der Waals surface area contributed by atoms with Crippen LogP contribution in [0.1, 0.15) is 43.5 Å². The Bertz CT molecular complexity index is 1140. The van der Waals surface area contributed by atoms with E-state index in [0.717, 1.165) is 44.2 Å². The number of nitrogens with one attached hydrogen (secondary N) is 2. The second kappa shape index (κ2) is 7.67. The van der Waals surface area contributed by atoms with Gasteiger partial charge in [0.2, 0.25) is 5.91 Å². The monoisotopic (exact) mass is 443 g/mol. The fraction of sp³-hybridized carbons (Fsp3) is 0.429. The summed E-state index contributed by atoms with van der Waals surface area (Å²) in [4.78, 5) is 39.4. The van der Waals surface area contributed by atoms with E-state index in [0.29, 0.717) is 27.8 Å². The molecule has 2 N–H and O–H groups in total. The van der Waals surface area contributed by atoms with Gasteiger partial charge in [0.05, 0.1) is 0 Å². The van der Waals surface area contributed by atoms with Gasteiger partial charge in [0.1, 0.15) is 16.7 Å². The summed E-state index contributed by atoms with van der Waals surface area (Å²) in [5.41, 5.74) is 1.10. The number of carbonyl (C=O) groups excluding carboxylic acids is 1. The first-order chi connectivity index (χ1) is 14.5. The Balaban J connectivity index is 1.39. The van der Waals surface area contributed by atoms with E-state index in [9.17, 15) is 9.59 Å². The first kappa shape index (κ1) is 19.5. The molecule has 1 aromatic carbocycles. The van der Waals surface area contributed by atoms with Crippen LogP contribution < -0.4 is 15.8 Å². The summed E-state index contributed by atoms with van der Waals surface area (Å²) in [6, 6.07) is 9.56. The summed E-state index contributed by atoms with van der Waals surface area (Å²) in [7, 11) is 0. The zero-order chi connectivity index (χ0) is 20.7. The lowest BCUT2D eigenvalue weighted by Gasteiger charge is -2.34. The van der Waals surface area contributed by atoms with Crippen molar-refractivity contribution in [1.82, 2.24) is 20.3 Å². The number of carbonyl (C=O) groups is 1. The van der Waals surface area contributed by atoms with Gasteiger partial charge in [0, 0.05) is 13.1 Å². The van der Waals surface area contributed by atoms with Crippen molar-refractivity contribution in [3.05, 3.63) is 52.1 Å². The van der Waals surface area contributed by atoms with Crippen LogP contribution in [-0.2, 0) is 16.2 Å². The van der Waals surface area contributed by atoms with Crippen molar-refractivity contribution in [2.24, 2.45) is 0 Å². The van der Waals surface area contributed by atoms with Gasteiger partial charge in [-0.1, -0.05) is 41.7 Å². The van der Waals surface area contributed by atoms with Gasteiger partial charge in [-0.05, 0) is 37.7 Å². The predicted octanol–water partition coefficient (Wildman–Crippen LogP) is 3.28. The lowest BCUT2D eigenvalue weighted by atomic mass is 10.0. The molecule has 1 amide bonds. The number of H-pyrrole nitrogens is 1. The lowest BCUT2D eigenvalue weighted by molar-refractivity contribution is -0.123. The van der Waals surface area contributed by atoms with E-state index in [1.807, 2.05) is 35.2 Å².